The van der Waals surface area contributed by atoms with Gasteiger partial charge in [0.2, 0.25) is 5.91 Å². The van der Waals surface area contributed by atoms with Crippen molar-refractivity contribution in [1.29, 1.82) is 0 Å². The Morgan fingerprint density at radius 3 is 2.79 bits per heavy atom. The van der Waals surface area contributed by atoms with Crippen LogP contribution >= 0.6 is 24.2 Å². The maximum Gasteiger partial charge on any atom is 0.226 e. The highest BCUT2D eigenvalue weighted by Crippen LogP contribution is 2.32. The van der Waals surface area contributed by atoms with E-state index >= 15 is 0 Å². The van der Waals surface area contributed by atoms with E-state index in [1.165, 1.54) is 25.0 Å². The molecule has 1 heterocycles. The summed E-state index contributed by atoms with van der Waals surface area (Å²) in [5.74, 6) is 1.79. The Balaban J connectivity index is 0.00000180. The van der Waals surface area contributed by atoms with E-state index in [0.29, 0.717) is 11.9 Å². The second-order valence-corrected chi connectivity index (χ2v) is 7.11. The number of nitrogens with zero attached hydrogens (tertiary/aromatic N) is 1. The maximum absolute atomic E-state index is 12.4. The van der Waals surface area contributed by atoms with Crippen molar-refractivity contribution in [3.63, 3.8) is 0 Å². The molecule has 0 aromatic rings. The molecule has 0 bridgehead atoms. The fourth-order valence-corrected chi connectivity index (χ4v) is 4.32. The van der Waals surface area contributed by atoms with E-state index in [1.54, 1.807) is 0 Å². The lowest BCUT2D eigenvalue weighted by Crippen LogP contribution is -2.44. The van der Waals surface area contributed by atoms with Gasteiger partial charge in [-0.3, -0.25) is 4.79 Å². The summed E-state index contributed by atoms with van der Waals surface area (Å²) in [4.78, 5) is 14.5. The summed E-state index contributed by atoms with van der Waals surface area (Å²) in [6.07, 6.45) is 5.88. The largest absolute Gasteiger partial charge is 0.342 e. The first-order chi connectivity index (χ1) is 8.72. The van der Waals surface area contributed by atoms with Crippen molar-refractivity contribution < 1.29 is 4.79 Å². The highest BCUT2D eigenvalue weighted by molar-refractivity contribution is 7.99. The number of hydrogen-bond donors (Lipinski definition) is 1. The minimum Gasteiger partial charge on any atom is -0.342 e. The molecule has 112 valence electrons. The van der Waals surface area contributed by atoms with Crippen LogP contribution in [0.5, 0.6) is 0 Å². The highest BCUT2D eigenvalue weighted by atomic mass is 35.5. The number of halogens is 1. The zero-order chi connectivity index (χ0) is 13.0. The van der Waals surface area contributed by atoms with Gasteiger partial charge >= 0.3 is 0 Å². The number of amides is 1. The van der Waals surface area contributed by atoms with Gasteiger partial charge in [-0.2, -0.15) is 11.8 Å². The predicted octanol–water partition coefficient (Wildman–Crippen LogP) is 2.54. The Morgan fingerprint density at radius 2 is 2.16 bits per heavy atom. The zero-order valence-corrected chi connectivity index (χ0v) is 13.7. The van der Waals surface area contributed by atoms with Crippen molar-refractivity contribution in [3.05, 3.63) is 0 Å². The third-order valence-corrected chi connectivity index (χ3v) is 5.53. The van der Waals surface area contributed by atoms with Crippen molar-refractivity contribution in [2.45, 2.75) is 50.3 Å². The lowest BCUT2D eigenvalue weighted by Gasteiger charge is -2.31. The molecule has 1 aliphatic carbocycles. The van der Waals surface area contributed by atoms with Gasteiger partial charge in [0, 0.05) is 24.9 Å². The molecule has 0 spiro atoms. The molecular weight excluding hydrogens is 280 g/mol. The molecule has 5 heteroatoms. The molecule has 1 N–H and O–H groups in total. The van der Waals surface area contributed by atoms with Crippen LogP contribution in [0.1, 0.15) is 39.0 Å². The molecular formula is C14H27ClN2OS. The monoisotopic (exact) mass is 306 g/mol. The molecule has 2 fully saturated rings. The van der Waals surface area contributed by atoms with Crippen LogP contribution in [-0.4, -0.2) is 48.0 Å². The van der Waals surface area contributed by atoms with E-state index in [1.807, 2.05) is 11.9 Å². The summed E-state index contributed by atoms with van der Waals surface area (Å²) in [6, 6.07) is 0.489. The highest BCUT2D eigenvalue weighted by Gasteiger charge is 2.32. The van der Waals surface area contributed by atoms with E-state index in [0.717, 1.165) is 31.2 Å². The van der Waals surface area contributed by atoms with Gasteiger partial charge in [0.1, 0.15) is 0 Å². The Labute approximate surface area is 127 Å². The third kappa shape index (κ3) is 4.54. The molecule has 0 radical (unpaired) electrons. The van der Waals surface area contributed by atoms with Crippen molar-refractivity contribution in [1.82, 2.24) is 10.2 Å². The number of rotatable bonds is 4. The molecule has 1 saturated heterocycles. The Bertz CT molecular complexity index is 285. The van der Waals surface area contributed by atoms with Crippen LogP contribution in [0.4, 0.5) is 0 Å². The molecule has 1 aliphatic heterocycles. The number of hydrogen-bond acceptors (Lipinski definition) is 3. The molecule has 1 amide bonds. The summed E-state index contributed by atoms with van der Waals surface area (Å²) in [7, 11) is 2.01. The fourth-order valence-electron chi connectivity index (χ4n) is 3.19. The predicted molar refractivity (Wildman–Crippen MR) is 85.2 cm³/mol. The van der Waals surface area contributed by atoms with Gasteiger partial charge in [0.05, 0.1) is 5.92 Å². The molecule has 3 nitrogen and oxygen atoms in total. The number of carbonyl (C=O) groups excluding carboxylic acids is 1. The summed E-state index contributed by atoms with van der Waals surface area (Å²) < 4.78 is 0. The van der Waals surface area contributed by atoms with Gasteiger partial charge < -0.3 is 10.2 Å². The zero-order valence-electron chi connectivity index (χ0n) is 12.1. The average Bonchev–Trinajstić information content (AvgIpc) is 2.87. The fraction of sp³-hybridized carbons (Fsp3) is 0.929. The Kier molecular flexibility index (Phi) is 7.55. The van der Waals surface area contributed by atoms with Crippen LogP contribution in [0.15, 0.2) is 0 Å². The second-order valence-electron chi connectivity index (χ2n) is 5.54. The minimum absolute atomic E-state index is 0. The molecule has 1 saturated carbocycles. The van der Waals surface area contributed by atoms with Crippen molar-refractivity contribution >= 4 is 30.1 Å². The Morgan fingerprint density at radius 1 is 1.37 bits per heavy atom. The normalized spacial score (nSPS) is 30.7. The van der Waals surface area contributed by atoms with Crippen LogP contribution in [0.25, 0.3) is 0 Å². The molecule has 3 atom stereocenters. The quantitative estimate of drug-likeness (QED) is 0.866. The van der Waals surface area contributed by atoms with Crippen LogP contribution in [0.3, 0.4) is 0 Å². The minimum atomic E-state index is 0. The number of carbonyl (C=O) groups is 1. The van der Waals surface area contributed by atoms with Gasteiger partial charge in [-0.05, 0) is 44.4 Å². The van der Waals surface area contributed by atoms with E-state index in [-0.39, 0.29) is 18.3 Å². The van der Waals surface area contributed by atoms with E-state index in [2.05, 4.69) is 24.0 Å². The Hall–Kier alpha value is 0.0700. The lowest BCUT2D eigenvalue weighted by atomic mass is 9.97. The molecule has 2 rings (SSSR count). The lowest BCUT2D eigenvalue weighted by molar-refractivity contribution is -0.136. The number of piperidine rings is 1. The van der Waals surface area contributed by atoms with Gasteiger partial charge in [-0.15, -0.1) is 12.4 Å². The van der Waals surface area contributed by atoms with Crippen LogP contribution < -0.4 is 5.32 Å². The van der Waals surface area contributed by atoms with Crippen LogP contribution in [0, 0.1) is 5.92 Å². The van der Waals surface area contributed by atoms with Gasteiger partial charge in [0.15, 0.2) is 0 Å². The number of nitrogens with one attached hydrogen (secondary N) is 1. The van der Waals surface area contributed by atoms with Crippen molar-refractivity contribution in [2.24, 2.45) is 5.92 Å². The van der Waals surface area contributed by atoms with Gasteiger partial charge in [0.25, 0.3) is 0 Å². The second kappa shape index (κ2) is 8.38. The first-order valence-corrected chi connectivity index (χ1v) is 8.36. The SMILES string of the molecule is CCSC1CCC(N(C)C(=O)C2CCCNC2)C1.Cl. The van der Waals surface area contributed by atoms with E-state index in [4.69, 9.17) is 0 Å². The molecule has 0 aromatic carbocycles. The smallest absolute Gasteiger partial charge is 0.226 e. The molecule has 2 aliphatic rings. The topological polar surface area (TPSA) is 32.3 Å². The summed E-state index contributed by atoms with van der Waals surface area (Å²) >= 11 is 2.06. The van der Waals surface area contributed by atoms with Crippen LogP contribution in [-0.2, 0) is 4.79 Å². The van der Waals surface area contributed by atoms with Crippen molar-refractivity contribution in [2.75, 3.05) is 25.9 Å². The first-order valence-electron chi connectivity index (χ1n) is 7.31. The molecule has 0 aromatic heterocycles. The average molecular weight is 307 g/mol. The maximum atomic E-state index is 12.4. The molecule has 19 heavy (non-hydrogen) atoms. The van der Waals surface area contributed by atoms with E-state index < -0.39 is 0 Å². The van der Waals surface area contributed by atoms with E-state index in [9.17, 15) is 4.79 Å². The van der Waals surface area contributed by atoms with Crippen molar-refractivity contribution in [3.8, 4) is 0 Å². The molecule has 3 unspecified atom stereocenters. The third-order valence-electron chi connectivity index (χ3n) is 4.30. The van der Waals surface area contributed by atoms with Crippen LogP contribution in [0.2, 0.25) is 0 Å². The number of thioether (sulfide) groups is 1. The summed E-state index contributed by atoms with van der Waals surface area (Å²) in [5, 5.41) is 4.12. The summed E-state index contributed by atoms with van der Waals surface area (Å²) in [6.45, 7) is 4.18. The first kappa shape index (κ1) is 17.1. The van der Waals surface area contributed by atoms with Gasteiger partial charge in [-0.25, -0.2) is 0 Å². The van der Waals surface area contributed by atoms with Gasteiger partial charge in [-0.1, -0.05) is 6.92 Å². The standard InChI is InChI=1S/C14H26N2OS.ClH/c1-3-18-13-7-6-12(9-13)16(2)14(17)11-5-4-8-15-10-11;/h11-13,15H,3-10H2,1-2H3;1H. The summed E-state index contributed by atoms with van der Waals surface area (Å²) in [5.41, 5.74) is 0.